The summed E-state index contributed by atoms with van der Waals surface area (Å²) >= 11 is 0. The van der Waals surface area contributed by atoms with E-state index in [0.29, 0.717) is 25.6 Å². The van der Waals surface area contributed by atoms with E-state index in [9.17, 15) is 4.79 Å². The van der Waals surface area contributed by atoms with Crippen molar-refractivity contribution in [2.24, 2.45) is 0 Å². The van der Waals surface area contributed by atoms with Crippen LogP contribution in [0.4, 0.5) is 10.7 Å². The number of hydrogen-bond acceptors (Lipinski definition) is 6. The Morgan fingerprint density at radius 1 is 1.18 bits per heavy atom. The van der Waals surface area contributed by atoms with Crippen LogP contribution in [0.1, 0.15) is 11.6 Å². The van der Waals surface area contributed by atoms with Crippen molar-refractivity contribution < 1.29 is 9.53 Å². The summed E-state index contributed by atoms with van der Waals surface area (Å²) in [6.45, 7) is 3.28. The van der Waals surface area contributed by atoms with E-state index in [1.54, 1.807) is 25.6 Å². The second-order valence-corrected chi connectivity index (χ2v) is 6.96. The molecule has 8 heteroatoms. The molecule has 28 heavy (non-hydrogen) atoms. The number of methoxy groups -OCH3 is 1. The lowest BCUT2D eigenvalue weighted by Gasteiger charge is -2.35. The summed E-state index contributed by atoms with van der Waals surface area (Å²) in [4.78, 5) is 27.2. The van der Waals surface area contributed by atoms with E-state index in [4.69, 9.17) is 4.74 Å². The zero-order valence-corrected chi connectivity index (χ0v) is 16.7. The number of carbonyl (C=O) groups excluding carboxylic acids is 1. The molecule has 0 bridgehead atoms. The van der Waals surface area contributed by atoms with Crippen molar-refractivity contribution in [2.75, 3.05) is 58.8 Å². The molecule has 2 heterocycles. The minimum Gasteiger partial charge on any atom is -0.497 e. The molecule has 1 saturated heterocycles. The molecule has 1 N–H and O–H groups in total. The van der Waals surface area contributed by atoms with Gasteiger partial charge in [-0.05, 0) is 37.9 Å². The fraction of sp³-hybridized carbons (Fsp3) is 0.450. The Morgan fingerprint density at radius 2 is 1.89 bits per heavy atom. The number of urea groups is 1. The molecule has 2 amide bonds. The summed E-state index contributed by atoms with van der Waals surface area (Å²) < 4.78 is 5.32. The van der Waals surface area contributed by atoms with Crippen LogP contribution < -0.4 is 15.0 Å². The van der Waals surface area contributed by atoms with Gasteiger partial charge in [0.05, 0.1) is 13.2 Å². The first-order chi connectivity index (χ1) is 13.6. The zero-order chi connectivity index (χ0) is 19.9. The molecule has 150 valence electrons. The molecule has 1 aromatic heterocycles. The topological polar surface area (TPSA) is 73.8 Å². The maximum absolute atomic E-state index is 12.6. The van der Waals surface area contributed by atoms with Gasteiger partial charge >= 0.3 is 6.03 Å². The monoisotopic (exact) mass is 384 g/mol. The van der Waals surface area contributed by atoms with E-state index in [1.165, 1.54) is 0 Å². The molecule has 3 rings (SSSR count). The SMILES string of the molecule is COc1cccc(C(CNC(=O)N2CCN(c3ncccn3)CC2)N(C)C)c1. The number of hydrogen-bond donors (Lipinski definition) is 1. The molecule has 1 aromatic carbocycles. The van der Waals surface area contributed by atoms with Crippen LogP contribution in [0.3, 0.4) is 0 Å². The van der Waals surface area contributed by atoms with Crippen molar-refractivity contribution in [3.8, 4) is 5.75 Å². The number of ether oxygens (including phenoxy) is 1. The Balaban J connectivity index is 1.54. The molecule has 1 aliphatic heterocycles. The highest BCUT2D eigenvalue weighted by Gasteiger charge is 2.23. The molecule has 0 aliphatic carbocycles. The summed E-state index contributed by atoms with van der Waals surface area (Å²) in [5.74, 6) is 1.53. The van der Waals surface area contributed by atoms with E-state index in [0.717, 1.165) is 24.4 Å². The molecule has 1 aliphatic rings. The molecule has 0 radical (unpaired) electrons. The normalized spacial score (nSPS) is 15.4. The predicted octanol–water partition coefficient (Wildman–Crippen LogP) is 1.62. The van der Waals surface area contributed by atoms with Crippen LogP contribution in [0.2, 0.25) is 0 Å². The number of rotatable bonds is 6. The largest absolute Gasteiger partial charge is 0.497 e. The zero-order valence-electron chi connectivity index (χ0n) is 16.7. The first-order valence-electron chi connectivity index (χ1n) is 9.43. The highest BCUT2D eigenvalue weighted by molar-refractivity contribution is 5.74. The first-order valence-corrected chi connectivity index (χ1v) is 9.43. The number of nitrogens with one attached hydrogen (secondary N) is 1. The predicted molar refractivity (Wildman–Crippen MR) is 109 cm³/mol. The molecular formula is C20H28N6O2. The minimum atomic E-state index is -0.0385. The number of anilines is 1. The summed E-state index contributed by atoms with van der Waals surface area (Å²) in [6.07, 6.45) is 3.47. The van der Waals surface area contributed by atoms with Gasteiger partial charge in [-0.3, -0.25) is 0 Å². The summed E-state index contributed by atoms with van der Waals surface area (Å²) in [7, 11) is 5.68. The summed E-state index contributed by atoms with van der Waals surface area (Å²) in [5, 5.41) is 3.08. The van der Waals surface area contributed by atoms with Gasteiger partial charge in [0, 0.05) is 45.1 Å². The highest BCUT2D eigenvalue weighted by Crippen LogP contribution is 2.22. The Morgan fingerprint density at radius 3 is 2.54 bits per heavy atom. The van der Waals surface area contributed by atoms with Crippen LogP contribution in [0.5, 0.6) is 5.75 Å². The molecule has 1 unspecified atom stereocenters. The third-order valence-corrected chi connectivity index (χ3v) is 4.95. The Kier molecular flexibility index (Phi) is 6.65. The fourth-order valence-electron chi connectivity index (χ4n) is 3.31. The lowest BCUT2D eigenvalue weighted by Crippen LogP contribution is -2.53. The number of benzene rings is 1. The van der Waals surface area contributed by atoms with Crippen molar-refractivity contribution in [2.45, 2.75) is 6.04 Å². The van der Waals surface area contributed by atoms with Gasteiger partial charge in [0.15, 0.2) is 0 Å². The summed E-state index contributed by atoms with van der Waals surface area (Å²) in [5.41, 5.74) is 1.11. The van der Waals surface area contributed by atoms with Crippen LogP contribution >= 0.6 is 0 Å². The van der Waals surface area contributed by atoms with Crippen molar-refractivity contribution in [1.29, 1.82) is 0 Å². The van der Waals surface area contributed by atoms with Crippen LogP contribution in [0, 0.1) is 0 Å². The van der Waals surface area contributed by atoms with Gasteiger partial charge < -0.3 is 24.8 Å². The lowest BCUT2D eigenvalue weighted by atomic mass is 10.1. The van der Waals surface area contributed by atoms with Crippen molar-refractivity contribution in [1.82, 2.24) is 25.1 Å². The molecular weight excluding hydrogens is 356 g/mol. The molecule has 0 spiro atoms. The van der Waals surface area contributed by atoms with Crippen molar-refractivity contribution in [3.05, 3.63) is 48.3 Å². The average molecular weight is 384 g/mol. The molecule has 1 atom stereocenters. The van der Waals surface area contributed by atoms with Crippen LogP contribution in [-0.4, -0.2) is 79.7 Å². The smallest absolute Gasteiger partial charge is 0.317 e. The Bertz CT molecular complexity index is 762. The van der Waals surface area contributed by atoms with Gasteiger partial charge in [-0.2, -0.15) is 0 Å². The lowest BCUT2D eigenvalue weighted by molar-refractivity contribution is 0.189. The number of piperazine rings is 1. The van der Waals surface area contributed by atoms with E-state index in [-0.39, 0.29) is 12.1 Å². The number of nitrogens with zero attached hydrogens (tertiary/aromatic N) is 5. The second kappa shape index (κ2) is 9.36. The van der Waals surface area contributed by atoms with Gasteiger partial charge in [-0.1, -0.05) is 12.1 Å². The van der Waals surface area contributed by atoms with Gasteiger partial charge in [0.1, 0.15) is 5.75 Å². The van der Waals surface area contributed by atoms with Gasteiger partial charge in [0.2, 0.25) is 5.95 Å². The molecule has 2 aromatic rings. The third-order valence-electron chi connectivity index (χ3n) is 4.95. The first kappa shape index (κ1) is 19.9. The standard InChI is InChI=1S/C20H28N6O2/c1-24(2)18(16-6-4-7-17(14-16)28-3)15-23-20(27)26-12-10-25(11-13-26)19-21-8-5-9-22-19/h4-9,14,18H,10-13,15H2,1-3H3,(H,23,27). The second-order valence-electron chi connectivity index (χ2n) is 6.96. The number of likely N-dealkylation sites (N-methyl/N-ethyl adjacent to an activating group) is 1. The molecule has 1 fully saturated rings. The maximum Gasteiger partial charge on any atom is 0.317 e. The van der Waals surface area contributed by atoms with E-state index >= 15 is 0 Å². The molecule has 0 saturated carbocycles. The van der Waals surface area contributed by atoms with E-state index in [1.807, 2.05) is 37.2 Å². The van der Waals surface area contributed by atoms with Crippen molar-refractivity contribution in [3.63, 3.8) is 0 Å². The van der Waals surface area contributed by atoms with Crippen LogP contribution in [0.15, 0.2) is 42.7 Å². The van der Waals surface area contributed by atoms with Crippen LogP contribution in [-0.2, 0) is 0 Å². The van der Waals surface area contributed by atoms with Crippen molar-refractivity contribution >= 4 is 12.0 Å². The number of amides is 2. The average Bonchev–Trinajstić information content (AvgIpc) is 2.74. The third kappa shape index (κ3) is 4.89. The minimum absolute atomic E-state index is 0.0385. The Labute approximate surface area is 166 Å². The highest BCUT2D eigenvalue weighted by atomic mass is 16.5. The van der Waals surface area contributed by atoms with Gasteiger partial charge in [0.25, 0.3) is 0 Å². The van der Waals surface area contributed by atoms with E-state index in [2.05, 4.69) is 31.2 Å². The van der Waals surface area contributed by atoms with E-state index < -0.39 is 0 Å². The Hall–Kier alpha value is -2.87. The maximum atomic E-state index is 12.6. The summed E-state index contributed by atoms with van der Waals surface area (Å²) in [6, 6.07) is 9.79. The molecule has 8 nitrogen and oxygen atoms in total. The van der Waals surface area contributed by atoms with Crippen LogP contribution in [0.25, 0.3) is 0 Å². The quantitative estimate of drug-likeness (QED) is 0.816. The number of aromatic nitrogens is 2. The number of carbonyl (C=O) groups is 1. The fourth-order valence-corrected chi connectivity index (χ4v) is 3.31. The van der Waals surface area contributed by atoms with Gasteiger partial charge in [-0.15, -0.1) is 0 Å². The van der Waals surface area contributed by atoms with Gasteiger partial charge in [-0.25, -0.2) is 14.8 Å².